The van der Waals surface area contributed by atoms with E-state index in [0.29, 0.717) is 16.1 Å². The number of halogens is 1. The third-order valence-electron chi connectivity index (χ3n) is 4.18. The number of rotatable bonds is 6. The van der Waals surface area contributed by atoms with Crippen molar-refractivity contribution < 1.29 is 19.4 Å². The average molecular weight is 416 g/mol. The van der Waals surface area contributed by atoms with Crippen molar-refractivity contribution in [2.75, 3.05) is 18.5 Å². The molecule has 1 aromatic heterocycles. The van der Waals surface area contributed by atoms with Gasteiger partial charge in [-0.1, -0.05) is 35.9 Å². The van der Waals surface area contributed by atoms with Crippen LogP contribution in [-0.2, 0) is 16.1 Å². The van der Waals surface area contributed by atoms with Crippen LogP contribution in [0.4, 0.5) is 5.69 Å². The van der Waals surface area contributed by atoms with E-state index in [1.54, 1.807) is 49.4 Å². The molecule has 0 spiro atoms. The summed E-state index contributed by atoms with van der Waals surface area (Å²) in [5, 5.41) is 16.8. The summed E-state index contributed by atoms with van der Waals surface area (Å²) in [5.41, 5.74) is 0.775. The number of amides is 1. The predicted octanol–water partition coefficient (Wildman–Crippen LogP) is 2.15. The number of fused-ring (bicyclic) bond motifs is 1. The van der Waals surface area contributed by atoms with E-state index in [-0.39, 0.29) is 24.2 Å². The third kappa shape index (κ3) is 4.61. The van der Waals surface area contributed by atoms with E-state index >= 15 is 0 Å². The van der Waals surface area contributed by atoms with E-state index < -0.39 is 24.0 Å². The van der Waals surface area contributed by atoms with Crippen molar-refractivity contribution in [3.63, 3.8) is 0 Å². The third-order valence-corrected chi connectivity index (χ3v) is 4.42. The summed E-state index contributed by atoms with van der Waals surface area (Å²) in [4.78, 5) is 37.1. The second-order valence-electron chi connectivity index (χ2n) is 6.23. The van der Waals surface area contributed by atoms with Gasteiger partial charge in [-0.3, -0.25) is 9.59 Å². The number of hydrogen-bond acceptors (Lipinski definition) is 6. The van der Waals surface area contributed by atoms with Crippen LogP contribution < -0.4 is 10.9 Å². The van der Waals surface area contributed by atoms with Crippen LogP contribution in [0.2, 0.25) is 5.02 Å². The smallest absolute Gasteiger partial charge is 0.359 e. The molecule has 0 aliphatic carbocycles. The van der Waals surface area contributed by atoms with Crippen molar-refractivity contribution in [3.8, 4) is 0 Å². The molecule has 0 bridgehead atoms. The van der Waals surface area contributed by atoms with Crippen molar-refractivity contribution in [1.82, 2.24) is 9.78 Å². The molecule has 3 rings (SSSR count). The zero-order valence-corrected chi connectivity index (χ0v) is 16.3. The molecule has 1 amide bonds. The quantitative estimate of drug-likeness (QED) is 0.597. The normalized spacial score (nSPS) is 10.7. The zero-order chi connectivity index (χ0) is 21.0. The Bertz CT molecular complexity index is 1140. The van der Waals surface area contributed by atoms with E-state index in [2.05, 4.69) is 10.4 Å². The number of aryl methyl sites for hydroxylation is 1. The fourth-order valence-corrected chi connectivity index (χ4v) is 2.92. The van der Waals surface area contributed by atoms with Crippen LogP contribution in [0.1, 0.15) is 16.1 Å². The number of nitrogens with one attached hydrogen (secondary N) is 1. The first kappa shape index (κ1) is 20.5. The summed E-state index contributed by atoms with van der Waals surface area (Å²) in [7, 11) is 0. The number of ether oxygens (including phenoxy) is 1. The number of aliphatic hydroxyl groups is 1. The van der Waals surface area contributed by atoms with E-state index in [4.69, 9.17) is 21.4 Å². The Morgan fingerprint density at radius 2 is 1.93 bits per heavy atom. The Morgan fingerprint density at radius 3 is 2.66 bits per heavy atom. The van der Waals surface area contributed by atoms with Crippen LogP contribution in [0, 0.1) is 6.92 Å². The van der Waals surface area contributed by atoms with Crippen molar-refractivity contribution in [1.29, 1.82) is 0 Å². The minimum Gasteiger partial charge on any atom is -0.451 e. The molecule has 0 fully saturated rings. The van der Waals surface area contributed by atoms with Gasteiger partial charge in [0.2, 0.25) is 0 Å². The minimum atomic E-state index is -0.856. The van der Waals surface area contributed by atoms with Gasteiger partial charge >= 0.3 is 5.97 Å². The highest BCUT2D eigenvalue weighted by Crippen LogP contribution is 2.20. The number of aliphatic hydroxyl groups excluding tert-OH is 1. The van der Waals surface area contributed by atoms with E-state index in [1.807, 2.05) is 0 Å². The lowest BCUT2D eigenvalue weighted by Crippen LogP contribution is -2.28. The molecule has 0 aliphatic rings. The van der Waals surface area contributed by atoms with Gasteiger partial charge in [-0.05, 0) is 30.7 Å². The maximum Gasteiger partial charge on any atom is 0.359 e. The van der Waals surface area contributed by atoms with Crippen molar-refractivity contribution in [2.24, 2.45) is 0 Å². The molecule has 2 aromatic carbocycles. The summed E-state index contributed by atoms with van der Waals surface area (Å²) in [6.45, 7) is 0.873. The Morgan fingerprint density at radius 1 is 1.21 bits per heavy atom. The van der Waals surface area contributed by atoms with E-state index in [9.17, 15) is 14.4 Å². The summed E-state index contributed by atoms with van der Waals surface area (Å²) in [6, 6.07) is 11.5. The number of esters is 1. The number of hydrogen-bond donors (Lipinski definition) is 2. The van der Waals surface area contributed by atoms with Crippen LogP contribution in [0.15, 0.2) is 47.3 Å². The number of carbonyl (C=O) groups excluding carboxylic acids is 2. The Balaban J connectivity index is 1.79. The molecule has 0 radical (unpaired) electrons. The van der Waals surface area contributed by atoms with Crippen molar-refractivity contribution >= 4 is 39.9 Å². The van der Waals surface area contributed by atoms with Gasteiger partial charge in [0.15, 0.2) is 12.3 Å². The van der Waals surface area contributed by atoms with Gasteiger partial charge in [-0.15, -0.1) is 0 Å². The molecule has 29 heavy (non-hydrogen) atoms. The predicted molar refractivity (Wildman–Crippen MR) is 108 cm³/mol. The Hall–Kier alpha value is -3.23. The number of anilines is 1. The lowest BCUT2D eigenvalue weighted by Gasteiger charge is -2.11. The molecule has 150 valence electrons. The molecule has 0 atom stereocenters. The second-order valence-corrected chi connectivity index (χ2v) is 6.67. The van der Waals surface area contributed by atoms with Crippen LogP contribution in [0.3, 0.4) is 0 Å². The minimum absolute atomic E-state index is 0.0710. The summed E-state index contributed by atoms with van der Waals surface area (Å²) in [6.07, 6.45) is 0. The largest absolute Gasteiger partial charge is 0.451 e. The highest BCUT2D eigenvalue weighted by atomic mass is 35.5. The second kappa shape index (κ2) is 8.85. The molecule has 8 nitrogen and oxygen atoms in total. The molecular formula is C20H18ClN3O5. The van der Waals surface area contributed by atoms with Crippen molar-refractivity contribution in [2.45, 2.75) is 13.5 Å². The zero-order valence-electron chi connectivity index (χ0n) is 15.5. The molecule has 1 heterocycles. The molecule has 2 N–H and O–H groups in total. The van der Waals surface area contributed by atoms with Gasteiger partial charge in [0, 0.05) is 16.1 Å². The molecule has 9 heteroatoms. The lowest BCUT2D eigenvalue weighted by atomic mass is 10.1. The highest BCUT2D eigenvalue weighted by molar-refractivity contribution is 6.31. The van der Waals surface area contributed by atoms with Crippen molar-refractivity contribution in [3.05, 3.63) is 69.1 Å². The number of nitrogens with zero attached hydrogens (tertiary/aromatic N) is 2. The SMILES string of the molecule is Cc1ccc(Cl)cc1NC(=O)COC(=O)c1nn(CCO)c(=O)c2ccccc12. The fraction of sp³-hybridized carbons (Fsp3) is 0.200. The van der Waals surface area contributed by atoms with Crippen LogP contribution in [-0.4, -0.2) is 40.0 Å². The van der Waals surface area contributed by atoms with E-state index in [1.165, 1.54) is 0 Å². The van der Waals surface area contributed by atoms with Crippen LogP contribution in [0.25, 0.3) is 10.8 Å². The van der Waals surface area contributed by atoms with Gasteiger partial charge in [0.25, 0.3) is 11.5 Å². The summed E-state index contributed by atoms with van der Waals surface area (Å²) >= 11 is 5.93. The van der Waals surface area contributed by atoms with Gasteiger partial charge in [0.1, 0.15) is 0 Å². The topological polar surface area (TPSA) is 111 Å². The molecule has 0 aliphatic heterocycles. The molecule has 0 saturated heterocycles. The maximum absolute atomic E-state index is 12.5. The van der Waals surface area contributed by atoms with E-state index in [0.717, 1.165) is 10.2 Å². The standard InChI is InChI=1S/C20H18ClN3O5/c1-12-6-7-13(21)10-16(12)22-17(26)11-29-20(28)18-14-4-2-3-5-15(14)19(27)24(23-18)8-9-25/h2-7,10,25H,8-9,11H2,1H3,(H,22,26). The monoisotopic (exact) mass is 415 g/mol. The summed E-state index contributed by atoms with van der Waals surface area (Å²) < 4.78 is 6.08. The number of carbonyl (C=O) groups is 2. The van der Waals surface area contributed by atoms with Crippen LogP contribution in [0.5, 0.6) is 0 Å². The lowest BCUT2D eigenvalue weighted by molar-refractivity contribution is -0.119. The Kier molecular flexibility index (Phi) is 6.26. The highest BCUT2D eigenvalue weighted by Gasteiger charge is 2.19. The molecule has 3 aromatic rings. The first-order valence-corrected chi connectivity index (χ1v) is 9.12. The molecular weight excluding hydrogens is 398 g/mol. The first-order chi connectivity index (χ1) is 13.9. The van der Waals surface area contributed by atoms with Crippen LogP contribution >= 0.6 is 11.6 Å². The first-order valence-electron chi connectivity index (χ1n) is 8.74. The Labute approximate surface area is 170 Å². The maximum atomic E-state index is 12.5. The molecule has 0 saturated carbocycles. The fourth-order valence-electron chi connectivity index (χ4n) is 2.75. The number of benzene rings is 2. The van der Waals surface area contributed by atoms with Gasteiger partial charge in [0.05, 0.1) is 18.5 Å². The van der Waals surface area contributed by atoms with Gasteiger partial charge < -0.3 is 15.2 Å². The van der Waals surface area contributed by atoms with Gasteiger partial charge in [-0.2, -0.15) is 5.10 Å². The molecule has 0 unspecified atom stereocenters. The number of aromatic nitrogens is 2. The average Bonchev–Trinajstić information content (AvgIpc) is 2.71. The van der Waals surface area contributed by atoms with Gasteiger partial charge in [-0.25, -0.2) is 9.48 Å². The summed E-state index contributed by atoms with van der Waals surface area (Å²) in [5.74, 6) is -1.40.